The maximum absolute atomic E-state index is 12.1. The number of benzene rings is 1. The summed E-state index contributed by atoms with van der Waals surface area (Å²) < 4.78 is 0. The molecule has 0 radical (unpaired) electrons. The molecule has 3 N–H and O–H groups in total. The van der Waals surface area contributed by atoms with E-state index in [1.54, 1.807) is 5.48 Å². The fraction of sp³-hybridized carbons (Fsp3) is 0.412. The largest absolute Gasteiger partial charge is 0.352 e. The van der Waals surface area contributed by atoms with E-state index in [1.165, 1.54) is 0 Å². The monoisotopic (exact) mass is 304 g/mol. The number of unbranched alkanes of at least 4 members (excludes halogenated alkanes) is 2. The molecule has 0 heterocycles. The maximum atomic E-state index is 12.1. The molecule has 5 heteroatoms. The van der Waals surface area contributed by atoms with Gasteiger partial charge in [0.2, 0.25) is 11.8 Å². The van der Waals surface area contributed by atoms with Gasteiger partial charge in [-0.05, 0) is 37.8 Å². The van der Waals surface area contributed by atoms with Crippen molar-refractivity contribution in [3.63, 3.8) is 0 Å². The highest BCUT2D eigenvalue weighted by Crippen LogP contribution is 2.17. The van der Waals surface area contributed by atoms with Crippen LogP contribution < -0.4 is 10.8 Å². The van der Waals surface area contributed by atoms with Crippen LogP contribution in [0.5, 0.6) is 0 Å². The summed E-state index contributed by atoms with van der Waals surface area (Å²) in [5.41, 5.74) is 4.33. The molecule has 0 aliphatic carbocycles. The maximum Gasteiger partial charge on any atom is 0.247 e. The topological polar surface area (TPSA) is 78.4 Å². The first-order valence-electron chi connectivity index (χ1n) is 7.50. The minimum atomic E-state index is -0.374. The van der Waals surface area contributed by atoms with Crippen LogP contribution in [0.1, 0.15) is 45.1 Å². The van der Waals surface area contributed by atoms with Crippen LogP contribution >= 0.6 is 0 Å². The van der Waals surface area contributed by atoms with Gasteiger partial charge in [-0.1, -0.05) is 36.8 Å². The summed E-state index contributed by atoms with van der Waals surface area (Å²) in [6.07, 6.45) is 2.63. The van der Waals surface area contributed by atoms with Crippen LogP contribution in [0.2, 0.25) is 0 Å². The van der Waals surface area contributed by atoms with Gasteiger partial charge in [-0.3, -0.25) is 14.8 Å². The second-order valence-electron chi connectivity index (χ2n) is 5.22. The molecule has 5 nitrogen and oxygen atoms in total. The molecular formula is C17H24N2O3. The van der Waals surface area contributed by atoms with Crippen LogP contribution in [0.4, 0.5) is 0 Å². The standard InChI is InChI=1S/C17H24N2O3/c1-13(15-9-5-3-6-10-15)14(2)17(21)18-12-8-4-7-11-16(20)19-22/h3,5-6,9-10,22H,4,7-8,11-12H2,1-2H3,(H,18,21)(H,19,20). The van der Waals surface area contributed by atoms with Crippen LogP contribution in [-0.4, -0.2) is 23.6 Å². The number of carbonyl (C=O) groups is 2. The second-order valence-corrected chi connectivity index (χ2v) is 5.22. The number of carbonyl (C=O) groups excluding carboxylic acids is 2. The summed E-state index contributed by atoms with van der Waals surface area (Å²) in [5, 5.41) is 11.2. The van der Waals surface area contributed by atoms with Crippen molar-refractivity contribution in [3.8, 4) is 0 Å². The van der Waals surface area contributed by atoms with Crippen LogP contribution in [0.15, 0.2) is 35.9 Å². The second kappa shape index (κ2) is 9.73. The zero-order valence-corrected chi connectivity index (χ0v) is 13.2. The van der Waals surface area contributed by atoms with E-state index in [-0.39, 0.29) is 11.8 Å². The number of hydrogen-bond acceptors (Lipinski definition) is 3. The zero-order valence-electron chi connectivity index (χ0n) is 13.2. The summed E-state index contributed by atoms with van der Waals surface area (Å²) >= 11 is 0. The molecule has 0 fully saturated rings. The Kier molecular flexibility index (Phi) is 7.92. The average Bonchev–Trinajstić information content (AvgIpc) is 2.56. The lowest BCUT2D eigenvalue weighted by atomic mass is 10.0. The fourth-order valence-electron chi connectivity index (χ4n) is 2.05. The molecule has 22 heavy (non-hydrogen) atoms. The molecular weight excluding hydrogens is 280 g/mol. The Morgan fingerprint density at radius 2 is 1.73 bits per heavy atom. The first-order valence-corrected chi connectivity index (χ1v) is 7.50. The van der Waals surface area contributed by atoms with Crippen molar-refractivity contribution in [2.45, 2.75) is 39.5 Å². The van der Waals surface area contributed by atoms with Gasteiger partial charge in [0.1, 0.15) is 0 Å². The molecule has 1 rings (SSSR count). The first kappa shape index (κ1) is 17.9. The molecule has 0 aliphatic rings. The van der Waals surface area contributed by atoms with Crippen molar-refractivity contribution in [2.75, 3.05) is 6.54 Å². The van der Waals surface area contributed by atoms with E-state index in [1.807, 2.05) is 44.2 Å². The molecule has 120 valence electrons. The minimum Gasteiger partial charge on any atom is -0.352 e. The van der Waals surface area contributed by atoms with Crippen LogP contribution in [0.3, 0.4) is 0 Å². The SMILES string of the molecule is CC(C(=O)NCCCCCC(=O)NO)=C(C)c1ccccc1. The molecule has 0 atom stereocenters. The Labute approximate surface area is 131 Å². The van der Waals surface area contributed by atoms with E-state index in [0.29, 0.717) is 25.0 Å². The van der Waals surface area contributed by atoms with E-state index in [2.05, 4.69) is 5.32 Å². The summed E-state index contributed by atoms with van der Waals surface area (Å²) in [5.74, 6) is -0.434. The van der Waals surface area contributed by atoms with Crippen molar-refractivity contribution in [1.29, 1.82) is 0 Å². The van der Waals surface area contributed by atoms with Crippen molar-refractivity contribution >= 4 is 17.4 Å². The van der Waals surface area contributed by atoms with Gasteiger partial charge in [0, 0.05) is 18.5 Å². The molecule has 0 saturated carbocycles. The average molecular weight is 304 g/mol. The van der Waals surface area contributed by atoms with Gasteiger partial charge in [0.25, 0.3) is 0 Å². The molecule has 1 aromatic carbocycles. The molecule has 0 aromatic heterocycles. The number of allylic oxidation sites excluding steroid dienone is 1. The van der Waals surface area contributed by atoms with E-state index in [9.17, 15) is 9.59 Å². The van der Waals surface area contributed by atoms with E-state index in [4.69, 9.17) is 5.21 Å². The van der Waals surface area contributed by atoms with Gasteiger partial charge in [-0.25, -0.2) is 5.48 Å². The van der Waals surface area contributed by atoms with Crippen molar-refractivity contribution in [3.05, 3.63) is 41.5 Å². The predicted molar refractivity (Wildman–Crippen MR) is 86.1 cm³/mol. The Morgan fingerprint density at radius 1 is 1.05 bits per heavy atom. The van der Waals surface area contributed by atoms with Crippen LogP contribution in [0, 0.1) is 0 Å². The Morgan fingerprint density at radius 3 is 2.36 bits per heavy atom. The lowest BCUT2D eigenvalue weighted by Crippen LogP contribution is -2.25. The highest BCUT2D eigenvalue weighted by molar-refractivity contribution is 6.00. The molecule has 1 aromatic rings. The third kappa shape index (κ3) is 6.10. The zero-order chi connectivity index (χ0) is 16.4. The van der Waals surface area contributed by atoms with Gasteiger partial charge in [0.15, 0.2) is 0 Å². The summed E-state index contributed by atoms with van der Waals surface area (Å²) in [4.78, 5) is 22.9. The number of amides is 2. The quantitative estimate of drug-likeness (QED) is 0.299. The normalized spacial score (nSPS) is 11.6. The highest BCUT2D eigenvalue weighted by Gasteiger charge is 2.08. The van der Waals surface area contributed by atoms with Crippen LogP contribution in [-0.2, 0) is 9.59 Å². The minimum absolute atomic E-state index is 0.0607. The van der Waals surface area contributed by atoms with E-state index < -0.39 is 0 Å². The van der Waals surface area contributed by atoms with Crippen molar-refractivity contribution in [1.82, 2.24) is 10.8 Å². The molecule has 0 bridgehead atoms. The molecule has 2 amide bonds. The fourth-order valence-corrected chi connectivity index (χ4v) is 2.05. The lowest BCUT2D eigenvalue weighted by molar-refractivity contribution is -0.129. The number of nitrogens with one attached hydrogen (secondary N) is 2. The predicted octanol–water partition coefficient (Wildman–Crippen LogP) is 2.66. The highest BCUT2D eigenvalue weighted by atomic mass is 16.5. The lowest BCUT2D eigenvalue weighted by Gasteiger charge is -2.09. The van der Waals surface area contributed by atoms with E-state index >= 15 is 0 Å². The Hall–Kier alpha value is -2.14. The molecule has 0 aliphatic heterocycles. The van der Waals surface area contributed by atoms with E-state index in [0.717, 1.165) is 24.0 Å². The molecule has 0 unspecified atom stereocenters. The third-order valence-electron chi connectivity index (χ3n) is 3.60. The molecule has 0 spiro atoms. The van der Waals surface area contributed by atoms with Crippen LogP contribution in [0.25, 0.3) is 5.57 Å². The van der Waals surface area contributed by atoms with Gasteiger partial charge in [0.05, 0.1) is 0 Å². The van der Waals surface area contributed by atoms with Crippen molar-refractivity contribution < 1.29 is 14.8 Å². The summed E-state index contributed by atoms with van der Waals surface area (Å²) in [7, 11) is 0. The van der Waals surface area contributed by atoms with Gasteiger partial charge in [-0.2, -0.15) is 0 Å². The van der Waals surface area contributed by atoms with Gasteiger partial charge < -0.3 is 5.32 Å². The molecule has 0 saturated heterocycles. The summed E-state index contributed by atoms with van der Waals surface area (Å²) in [6, 6.07) is 9.82. The smallest absolute Gasteiger partial charge is 0.247 e. The number of hydrogen-bond donors (Lipinski definition) is 3. The van der Waals surface area contributed by atoms with Crippen molar-refractivity contribution in [2.24, 2.45) is 0 Å². The third-order valence-corrected chi connectivity index (χ3v) is 3.60. The number of rotatable bonds is 8. The summed E-state index contributed by atoms with van der Waals surface area (Å²) in [6.45, 7) is 4.35. The Balaban J connectivity index is 2.34. The first-order chi connectivity index (χ1) is 10.6. The Bertz CT molecular complexity index is 524. The number of hydroxylamine groups is 1. The van der Waals surface area contributed by atoms with Gasteiger partial charge >= 0.3 is 0 Å². The van der Waals surface area contributed by atoms with Gasteiger partial charge in [-0.15, -0.1) is 0 Å².